The van der Waals surface area contributed by atoms with Crippen LogP contribution in [0.3, 0.4) is 0 Å². The van der Waals surface area contributed by atoms with Crippen molar-refractivity contribution in [2.24, 2.45) is 0 Å². The van der Waals surface area contributed by atoms with Gasteiger partial charge in [0, 0.05) is 17.4 Å². The van der Waals surface area contributed by atoms with Gasteiger partial charge in [0.25, 0.3) is 0 Å². The Morgan fingerprint density at radius 3 is 2.33 bits per heavy atom. The lowest BCUT2D eigenvalue weighted by Crippen LogP contribution is -2.56. The molecule has 8 heteroatoms. The van der Waals surface area contributed by atoms with Crippen LogP contribution in [0.25, 0.3) is 0 Å². The lowest BCUT2D eigenvalue weighted by molar-refractivity contribution is 0.0348. The number of halogens is 1. The molecule has 1 aromatic carbocycles. The average Bonchev–Trinajstić information content (AvgIpc) is 3.53. The third kappa shape index (κ3) is 4.80. The Morgan fingerprint density at radius 1 is 1.12 bits per heavy atom. The van der Waals surface area contributed by atoms with E-state index in [1.165, 1.54) is 0 Å². The number of nitrogens with zero attached hydrogens (tertiary/aromatic N) is 2. The fraction of sp³-hybridized carbons (Fsp3) is 0.560. The van der Waals surface area contributed by atoms with Gasteiger partial charge in [-0.15, -0.1) is 0 Å². The fourth-order valence-electron chi connectivity index (χ4n) is 4.71. The minimum atomic E-state index is -3.78. The lowest BCUT2D eigenvalue weighted by Gasteiger charge is -2.48. The van der Waals surface area contributed by atoms with Crippen LogP contribution in [0.2, 0.25) is 23.2 Å². The third-order valence-electron chi connectivity index (χ3n) is 7.64. The highest BCUT2D eigenvalue weighted by Gasteiger charge is 2.60. The Balaban J connectivity index is 1.79. The van der Waals surface area contributed by atoms with E-state index in [0.717, 1.165) is 37.7 Å². The summed E-state index contributed by atoms with van der Waals surface area (Å²) >= 11 is 6.07. The maximum Gasteiger partial charge on any atom is 0.243 e. The Morgan fingerprint density at radius 2 is 1.79 bits per heavy atom. The summed E-state index contributed by atoms with van der Waals surface area (Å²) in [7, 11) is -5.87. The zero-order valence-electron chi connectivity index (χ0n) is 20.2. The highest BCUT2D eigenvalue weighted by atomic mass is 35.5. The first-order valence-electron chi connectivity index (χ1n) is 11.8. The molecule has 0 radical (unpaired) electrons. The predicted molar refractivity (Wildman–Crippen MR) is 135 cm³/mol. The Labute approximate surface area is 204 Å². The molecule has 5 nitrogen and oxygen atoms in total. The van der Waals surface area contributed by atoms with Gasteiger partial charge in [0.2, 0.25) is 10.0 Å². The third-order valence-corrected chi connectivity index (χ3v) is 14.4. The maximum absolute atomic E-state index is 14.1. The Bertz CT molecular complexity index is 1080. The number of hydrogen-bond acceptors (Lipinski definition) is 4. The summed E-state index contributed by atoms with van der Waals surface area (Å²) in [6.45, 7) is 11.2. The number of sulfonamides is 1. The second-order valence-electron chi connectivity index (χ2n) is 11.0. The van der Waals surface area contributed by atoms with Crippen LogP contribution in [-0.2, 0) is 14.4 Å². The van der Waals surface area contributed by atoms with E-state index in [-0.39, 0.29) is 22.0 Å². The lowest BCUT2D eigenvalue weighted by atomic mass is 9.90. The van der Waals surface area contributed by atoms with Crippen molar-refractivity contribution in [3.8, 4) is 0 Å². The normalized spacial score (nSPS) is 23.9. The molecule has 4 rings (SSSR count). The summed E-state index contributed by atoms with van der Waals surface area (Å²) in [5.41, 5.74) is 0.520. The SMILES string of the molecule is CC(C)(C)[Si](C)(C)OC1(C2CCCC(c3cccnc3)N2S(=O)(=O)c2ccc(Cl)cc2)CC1. The largest absolute Gasteiger partial charge is 0.410 e. The van der Waals surface area contributed by atoms with E-state index in [2.05, 4.69) is 38.8 Å². The van der Waals surface area contributed by atoms with Crippen molar-refractivity contribution in [1.82, 2.24) is 9.29 Å². The van der Waals surface area contributed by atoms with Gasteiger partial charge in [0.15, 0.2) is 8.32 Å². The van der Waals surface area contributed by atoms with Gasteiger partial charge < -0.3 is 4.43 Å². The summed E-state index contributed by atoms with van der Waals surface area (Å²) < 4.78 is 37.1. The van der Waals surface area contributed by atoms with Gasteiger partial charge in [-0.1, -0.05) is 38.4 Å². The quantitative estimate of drug-likeness (QED) is 0.415. The summed E-state index contributed by atoms with van der Waals surface area (Å²) in [6.07, 6.45) is 7.85. The molecular weight excluding hydrogens is 472 g/mol. The van der Waals surface area contributed by atoms with E-state index < -0.39 is 23.9 Å². The molecule has 1 aromatic heterocycles. The van der Waals surface area contributed by atoms with Crippen LogP contribution in [0.15, 0.2) is 53.7 Å². The topological polar surface area (TPSA) is 59.5 Å². The molecule has 0 N–H and O–H groups in total. The molecule has 2 unspecified atom stereocenters. The van der Waals surface area contributed by atoms with E-state index in [0.29, 0.717) is 5.02 Å². The van der Waals surface area contributed by atoms with E-state index in [9.17, 15) is 8.42 Å². The molecule has 2 heterocycles. The molecule has 0 spiro atoms. The first-order valence-corrected chi connectivity index (χ1v) is 16.5. The second-order valence-corrected chi connectivity index (χ2v) is 18.0. The van der Waals surface area contributed by atoms with Crippen LogP contribution in [0, 0.1) is 0 Å². The predicted octanol–water partition coefficient (Wildman–Crippen LogP) is 6.57. The van der Waals surface area contributed by atoms with Crippen LogP contribution in [-0.4, -0.2) is 37.7 Å². The molecule has 2 aliphatic rings. The highest BCUT2D eigenvalue weighted by Crippen LogP contribution is 2.55. The highest BCUT2D eigenvalue weighted by molar-refractivity contribution is 7.89. The van der Waals surface area contributed by atoms with E-state index in [4.69, 9.17) is 16.0 Å². The monoisotopic (exact) mass is 506 g/mol. The smallest absolute Gasteiger partial charge is 0.243 e. The van der Waals surface area contributed by atoms with E-state index in [1.807, 2.05) is 12.1 Å². The van der Waals surface area contributed by atoms with Gasteiger partial charge in [-0.05, 0) is 86.1 Å². The van der Waals surface area contributed by atoms with Crippen molar-refractivity contribution in [2.45, 2.75) is 93.6 Å². The second kappa shape index (κ2) is 8.75. The Hall–Kier alpha value is -1.25. The summed E-state index contributed by atoms with van der Waals surface area (Å²) in [5, 5.41) is 0.577. The van der Waals surface area contributed by atoms with Crippen molar-refractivity contribution in [3.05, 3.63) is 59.4 Å². The van der Waals surface area contributed by atoms with Crippen molar-refractivity contribution in [2.75, 3.05) is 0 Å². The number of hydrogen-bond donors (Lipinski definition) is 0. The van der Waals surface area contributed by atoms with Gasteiger partial charge in [0.05, 0.1) is 22.6 Å². The standard InChI is InChI=1S/C25H35ClN2O3SSi/c1-24(2,3)33(4,5)31-25(15-16-25)23-10-6-9-22(19-8-7-17-27-18-19)28(23)32(29,30)21-13-11-20(26)12-14-21/h7-8,11-14,17-18,22-23H,6,9-10,15-16H2,1-5H3. The first-order chi connectivity index (χ1) is 15.4. The van der Waals surface area contributed by atoms with Crippen LogP contribution in [0.5, 0.6) is 0 Å². The maximum atomic E-state index is 14.1. The van der Waals surface area contributed by atoms with Crippen LogP contribution in [0.4, 0.5) is 0 Å². The fourth-order valence-corrected chi connectivity index (χ4v) is 8.42. The molecule has 1 aliphatic carbocycles. The molecule has 33 heavy (non-hydrogen) atoms. The average molecular weight is 507 g/mol. The molecule has 1 saturated heterocycles. The molecule has 0 amide bonds. The van der Waals surface area contributed by atoms with Crippen LogP contribution in [0.1, 0.15) is 64.5 Å². The van der Waals surface area contributed by atoms with Crippen molar-refractivity contribution < 1.29 is 12.8 Å². The number of benzene rings is 1. The molecule has 180 valence electrons. The summed E-state index contributed by atoms with van der Waals surface area (Å²) in [5.74, 6) is 0. The minimum absolute atomic E-state index is 0.0554. The van der Waals surface area contributed by atoms with Crippen molar-refractivity contribution >= 4 is 29.9 Å². The molecule has 2 aromatic rings. The summed E-state index contributed by atoms with van der Waals surface area (Å²) in [4.78, 5) is 4.57. The minimum Gasteiger partial charge on any atom is -0.410 e. The zero-order chi connectivity index (χ0) is 24.1. The zero-order valence-corrected chi connectivity index (χ0v) is 22.8. The van der Waals surface area contributed by atoms with Gasteiger partial charge >= 0.3 is 0 Å². The van der Waals surface area contributed by atoms with Gasteiger partial charge in [-0.2, -0.15) is 4.31 Å². The van der Waals surface area contributed by atoms with Gasteiger partial charge in [-0.25, -0.2) is 8.42 Å². The number of pyridine rings is 1. The van der Waals surface area contributed by atoms with Crippen LogP contribution < -0.4 is 0 Å². The van der Waals surface area contributed by atoms with Crippen molar-refractivity contribution in [1.29, 1.82) is 0 Å². The number of piperidine rings is 1. The van der Waals surface area contributed by atoms with Gasteiger partial charge in [-0.3, -0.25) is 4.98 Å². The Kier molecular flexibility index (Phi) is 6.59. The van der Waals surface area contributed by atoms with Crippen molar-refractivity contribution in [3.63, 3.8) is 0 Å². The molecule has 2 atom stereocenters. The molecule has 2 fully saturated rings. The molecule has 0 bridgehead atoms. The number of rotatable bonds is 6. The number of aromatic nitrogens is 1. The first kappa shape index (κ1) is 24.9. The molecule has 1 saturated carbocycles. The summed E-state index contributed by atoms with van der Waals surface area (Å²) in [6, 6.07) is 9.90. The molecular formula is C25H35ClN2O3SSi. The van der Waals surface area contributed by atoms with Gasteiger partial charge in [0.1, 0.15) is 0 Å². The van der Waals surface area contributed by atoms with Crippen LogP contribution >= 0.6 is 11.6 Å². The van der Waals surface area contributed by atoms with E-state index in [1.54, 1.807) is 41.0 Å². The molecule has 1 aliphatic heterocycles. The van der Waals surface area contributed by atoms with E-state index >= 15 is 0 Å².